The minimum Gasteiger partial charge on any atom is -0.480 e. The lowest BCUT2D eigenvalue weighted by atomic mass is 10.2. The van der Waals surface area contributed by atoms with E-state index >= 15 is 0 Å². The third kappa shape index (κ3) is 3.16. The van der Waals surface area contributed by atoms with Crippen LogP contribution in [-0.4, -0.2) is 17.6 Å². The summed E-state index contributed by atoms with van der Waals surface area (Å²) in [6.07, 6.45) is 0. The Balaban J connectivity index is 2.45. The molecule has 0 bridgehead atoms. The molecule has 0 saturated heterocycles. The van der Waals surface area contributed by atoms with Crippen molar-refractivity contribution in [1.29, 1.82) is 0 Å². The summed E-state index contributed by atoms with van der Waals surface area (Å²) in [5.41, 5.74) is 1.20. The smallest absolute Gasteiger partial charge is 0.317 e. The van der Waals surface area contributed by atoms with Crippen LogP contribution in [0.15, 0.2) is 6.07 Å². The topological polar surface area (TPSA) is 49.3 Å². The maximum absolute atomic E-state index is 10.2. The zero-order chi connectivity index (χ0) is 9.84. The Morgan fingerprint density at radius 1 is 1.62 bits per heavy atom. The van der Waals surface area contributed by atoms with E-state index in [1.165, 1.54) is 15.3 Å². The summed E-state index contributed by atoms with van der Waals surface area (Å²) >= 11 is 1.74. The first kappa shape index (κ1) is 10.2. The number of hydrogen-bond donors (Lipinski definition) is 2. The molecule has 4 heteroatoms. The Morgan fingerprint density at radius 2 is 2.31 bits per heavy atom. The Kier molecular flexibility index (Phi) is 3.45. The fourth-order valence-electron chi connectivity index (χ4n) is 1.16. The first-order chi connectivity index (χ1) is 6.09. The van der Waals surface area contributed by atoms with E-state index in [1.807, 2.05) is 0 Å². The van der Waals surface area contributed by atoms with Crippen LogP contribution < -0.4 is 5.32 Å². The highest BCUT2D eigenvalue weighted by atomic mass is 32.1. The van der Waals surface area contributed by atoms with Crippen molar-refractivity contribution in [2.45, 2.75) is 20.4 Å². The molecular weight excluding hydrogens is 186 g/mol. The molecule has 0 aromatic carbocycles. The molecule has 1 rings (SSSR count). The van der Waals surface area contributed by atoms with Gasteiger partial charge in [0.2, 0.25) is 0 Å². The summed E-state index contributed by atoms with van der Waals surface area (Å²) in [6, 6.07) is 2.09. The van der Waals surface area contributed by atoms with Crippen molar-refractivity contribution in [2.24, 2.45) is 0 Å². The van der Waals surface area contributed by atoms with Gasteiger partial charge in [0.05, 0.1) is 6.54 Å². The molecule has 1 heterocycles. The van der Waals surface area contributed by atoms with Gasteiger partial charge < -0.3 is 10.4 Å². The summed E-state index contributed by atoms with van der Waals surface area (Å²) in [5.74, 6) is -0.815. The number of carboxylic acids is 1. The van der Waals surface area contributed by atoms with Crippen molar-refractivity contribution in [1.82, 2.24) is 5.32 Å². The van der Waals surface area contributed by atoms with E-state index in [0.717, 1.165) is 0 Å². The SMILES string of the molecule is Cc1cc(CNCC(=O)O)c(C)s1. The molecule has 0 saturated carbocycles. The minimum absolute atomic E-state index is 0.0222. The van der Waals surface area contributed by atoms with Crippen LogP contribution in [-0.2, 0) is 11.3 Å². The van der Waals surface area contributed by atoms with Gasteiger partial charge >= 0.3 is 5.97 Å². The van der Waals surface area contributed by atoms with Crippen LogP contribution in [0.3, 0.4) is 0 Å². The molecule has 72 valence electrons. The van der Waals surface area contributed by atoms with Crippen LogP contribution in [0.1, 0.15) is 15.3 Å². The van der Waals surface area contributed by atoms with Crippen molar-refractivity contribution < 1.29 is 9.90 Å². The quantitative estimate of drug-likeness (QED) is 0.773. The molecule has 1 aromatic rings. The van der Waals surface area contributed by atoms with E-state index in [0.29, 0.717) is 6.54 Å². The van der Waals surface area contributed by atoms with Gasteiger partial charge in [-0.1, -0.05) is 0 Å². The first-order valence-corrected chi connectivity index (χ1v) is 4.89. The van der Waals surface area contributed by atoms with Gasteiger partial charge in [0.1, 0.15) is 0 Å². The minimum atomic E-state index is -0.815. The van der Waals surface area contributed by atoms with Gasteiger partial charge in [0, 0.05) is 16.3 Å². The summed E-state index contributed by atoms with van der Waals surface area (Å²) in [6.45, 7) is 4.77. The number of thiophene rings is 1. The van der Waals surface area contributed by atoms with Crippen LogP contribution in [0.5, 0.6) is 0 Å². The number of rotatable bonds is 4. The number of aryl methyl sites for hydroxylation is 2. The predicted octanol–water partition coefficient (Wildman–Crippen LogP) is 1.54. The van der Waals surface area contributed by atoms with Crippen molar-refractivity contribution >= 4 is 17.3 Å². The van der Waals surface area contributed by atoms with Crippen LogP contribution in [0.25, 0.3) is 0 Å². The molecule has 0 radical (unpaired) electrons. The number of hydrogen-bond acceptors (Lipinski definition) is 3. The van der Waals surface area contributed by atoms with Crippen molar-refractivity contribution in [3.05, 3.63) is 21.4 Å². The van der Waals surface area contributed by atoms with Crippen molar-refractivity contribution in [2.75, 3.05) is 6.54 Å². The first-order valence-electron chi connectivity index (χ1n) is 4.08. The number of carbonyl (C=O) groups is 1. The Hall–Kier alpha value is -0.870. The second-order valence-corrected chi connectivity index (χ2v) is 4.40. The number of nitrogens with one attached hydrogen (secondary N) is 1. The molecule has 0 unspecified atom stereocenters. The van der Waals surface area contributed by atoms with Crippen molar-refractivity contribution in [3.63, 3.8) is 0 Å². The van der Waals surface area contributed by atoms with E-state index in [9.17, 15) is 4.79 Å². The lowest BCUT2D eigenvalue weighted by Gasteiger charge is -1.99. The lowest BCUT2D eigenvalue weighted by Crippen LogP contribution is -2.21. The monoisotopic (exact) mass is 199 g/mol. The third-order valence-electron chi connectivity index (χ3n) is 1.74. The maximum Gasteiger partial charge on any atom is 0.317 e. The maximum atomic E-state index is 10.2. The molecule has 0 aliphatic heterocycles. The fourth-order valence-corrected chi connectivity index (χ4v) is 2.11. The average molecular weight is 199 g/mol. The predicted molar refractivity (Wildman–Crippen MR) is 53.1 cm³/mol. The molecule has 2 N–H and O–H groups in total. The third-order valence-corrected chi connectivity index (χ3v) is 2.74. The Labute approximate surface area is 81.4 Å². The van der Waals surface area contributed by atoms with Gasteiger partial charge in [-0.15, -0.1) is 11.3 Å². The summed E-state index contributed by atoms with van der Waals surface area (Å²) in [4.78, 5) is 12.7. The van der Waals surface area contributed by atoms with Gasteiger partial charge in [-0.2, -0.15) is 0 Å². The largest absolute Gasteiger partial charge is 0.480 e. The van der Waals surface area contributed by atoms with Crippen LogP contribution >= 0.6 is 11.3 Å². The van der Waals surface area contributed by atoms with Gasteiger partial charge in [0.25, 0.3) is 0 Å². The van der Waals surface area contributed by atoms with Gasteiger partial charge in [0.15, 0.2) is 0 Å². The molecular formula is C9H13NO2S. The highest BCUT2D eigenvalue weighted by Gasteiger charge is 2.02. The second-order valence-electron chi connectivity index (χ2n) is 2.94. The average Bonchev–Trinajstić information content (AvgIpc) is 2.29. The Bertz CT molecular complexity index is 307. The van der Waals surface area contributed by atoms with E-state index < -0.39 is 5.97 Å². The summed E-state index contributed by atoms with van der Waals surface area (Å²) < 4.78 is 0. The summed E-state index contributed by atoms with van der Waals surface area (Å²) in [5, 5.41) is 11.3. The molecule has 1 aromatic heterocycles. The van der Waals surface area contributed by atoms with E-state index in [4.69, 9.17) is 5.11 Å². The number of carboxylic acid groups (broad SMARTS) is 1. The molecule has 0 fully saturated rings. The zero-order valence-corrected chi connectivity index (χ0v) is 8.57. The highest BCUT2D eigenvalue weighted by Crippen LogP contribution is 2.19. The van der Waals surface area contributed by atoms with Crippen molar-refractivity contribution in [3.8, 4) is 0 Å². The van der Waals surface area contributed by atoms with Crippen LogP contribution in [0, 0.1) is 13.8 Å². The standard InChI is InChI=1S/C9H13NO2S/c1-6-3-8(7(2)13-6)4-10-5-9(11)12/h3,10H,4-5H2,1-2H3,(H,11,12). The van der Waals surface area contributed by atoms with Crippen LogP contribution in [0.2, 0.25) is 0 Å². The van der Waals surface area contributed by atoms with E-state index in [-0.39, 0.29) is 6.54 Å². The lowest BCUT2D eigenvalue weighted by molar-refractivity contribution is -0.135. The number of aliphatic carboxylic acids is 1. The van der Waals surface area contributed by atoms with E-state index in [2.05, 4.69) is 25.2 Å². The van der Waals surface area contributed by atoms with Gasteiger partial charge in [-0.3, -0.25) is 4.79 Å². The normalized spacial score (nSPS) is 10.3. The van der Waals surface area contributed by atoms with E-state index in [1.54, 1.807) is 11.3 Å². The van der Waals surface area contributed by atoms with Gasteiger partial charge in [-0.05, 0) is 25.5 Å². The van der Waals surface area contributed by atoms with Gasteiger partial charge in [-0.25, -0.2) is 0 Å². The fraction of sp³-hybridized carbons (Fsp3) is 0.444. The molecule has 0 amide bonds. The molecule has 0 aliphatic rings. The second kappa shape index (κ2) is 4.39. The molecule has 3 nitrogen and oxygen atoms in total. The molecule has 13 heavy (non-hydrogen) atoms. The summed E-state index contributed by atoms with van der Waals surface area (Å²) in [7, 11) is 0. The Morgan fingerprint density at radius 3 is 2.77 bits per heavy atom. The highest BCUT2D eigenvalue weighted by molar-refractivity contribution is 7.12. The van der Waals surface area contributed by atoms with Crippen LogP contribution in [0.4, 0.5) is 0 Å². The molecule has 0 spiro atoms. The molecule has 0 aliphatic carbocycles. The zero-order valence-electron chi connectivity index (χ0n) is 7.76. The molecule has 0 atom stereocenters.